The molecule has 0 aliphatic carbocycles. The second kappa shape index (κ2) is 17.3. The molecule has 2 aliphatic rings. The highest BCUT2D eigenvalue weighted by Crippen LogP contribution is 2.31. The van der Waals surface area contributed by atoms with Crippen molar-refractivity contribution >= 4 is 58.7 Å². The molecule has 0 aromatic rings. The molecule has 3 unspecified atom stereocenters. The van der Waals surface area contributed by atoms with Gasteiger partial charge in [0.25, 0.3) is 0 Å². The molecule has 0 aromatic heterocycles. The van der Waals surface area contributed by atoms with Crippen LogP contribution in [0, 0.1) is 0 Å². The molecule has 3 atom stereocenters. The summed E-state index contributed by atoms with van der Waals surface area (Å²) in [7, 11) is -15.7. The predicted octanol–water partition coefficient (Wildman–Crippen LogP) is -0.443. The Balaban J connectivity index is 2.46. The number of nitrogens with zero attached hydrogens (tertiary/aromatic N) is 2. The number of nitrogens with two attached hydrogens (primary N) is 1. The summed E-state index contributed by atoms with van der Waals surface area (Å²) in [6.45, 7) is 23.6. The van der Waals surface area contributed by atoms with E-state index in [1.807, 2.05) is 39.3 Å². The third-order valence-corrected chi connectivity index (χ3v) is 27.0. The summed E-state index contributed by atoms with van der Waals surface area (Å²) >= 11 is 0. The molecule has 2 heterocycles. The van der Waals surface area contributed by atoms with Crippen LogP contribution in [-0.2, 0) is 30.0 Å². The van der Waals surface area contributed by atoms with E-state index >= 15 is 0 Å². The molecule has 0 aromatic carbocycles. The maximum absolute atomic E-state index is 8.22. The van der Waals surface area contributed by atoms with E-state index in [2.05, 4.69) is 35.6 Å². The van der Waals surface area contributed by atoms with Crippen LogP contribution in [0.4, 0.5) is 0 Å². The topological polar surface area (TPSA) is 150 Å². The lowest BCUT2D eigenvalue weighted by atomic mass is 10.5. The van der Waals surface area contributed by atoms with E-state index in [9.17, 15) is 0 Å². The van der Waals surface area contributed by atoms with Gasteiger partial charge in [0.2, 0.25) is 0 Å². The zero-order valence-electron chi connectivity index (χ0n) is 30.3. The van der Waals surface area contributed by atoms with E-state index in [1.54, 1.807) is 0 Å². The van der Waals surface area contributed by atoms with Crippen LogP contribution >= 0.6 is 0 Å². The zero-order valence-corrected chi connectivity index (χ0v) is 34.3. The van der Waals surface area contributed by atoms with E-state index in [4.69, 9.17) is 48.2 Å². The Kier molecular flexibility index (Phi) is 14.8. The number of hydrogen-bond donors (Lipinski definition) is 4. The van der Waals surface area contributed by atoms with Crippen LogP contribution in [0.15, 0.2) is 0 Å². The van der Waals surface area contributed by atoms with Crippen LogP contribution in [0.3, 0.4) is 0 Å². The summed E-state index contributed by atoms with van der Waals surface area (Å²) in [5, 5.41) is 3.35. The highest BCUT2D eigenvalue weighted by molar-refractivity contribution is 7.14. The molecular weight excluding hydrogens is 656 g/mol. The van der Waals surface area contributed by atoms with Gasteiger partial charge in [0, 0.05) is 45.4 Å². The Hall–Kier alpha value is 0.846. The number of rotatable bonds is 22. The first-order chi connectivity index (χ1) is 20.9. The monoisotopic (exact) mass is 718 g/mol. The molecule has 5 N–H and O–H groups in total. The van der Waals surface area contributed by atoms with E-state index in [-0.39, 0.29) is 0 Å². The number of nitrogens with one attached hydrogen (secondary N) is 1. The summed E-state index contributed by atoms with van der Waals surface area (Å²) in [5.74, 6) is 0. The van der Waals surface area contributed by atoms with Crippen LogP contribution in [0.1, 0.15) is 6.42 Å². The Bertz CT molecular complexity index is 872. The average molecular weight is 719 g/mol. The van der Waals surface area contributed by atoms with Crippen molar-refractivity contribution in [2.45, 2.75) is 64.8 Å². The molecule has 43 heavy (non-hydrogen) atoms. The molecule has 2 aliphatic heterocycles. The van der Waals surface area contributed by atoms with Crippen molar-refractivity contribution in [1.29, 1.82) is 2.86 Å². The minimum Gasteiger partial charge on any atom is -0.423 e. The summed E-state index contributed by atoms with van der Waals surface area (Å²) < 4.78 is 62.1. The number of ether oxygens (including phenoxy) is 2. The number of hydrogen-bond acceptors (Lipinski definition) is 13. The van der Waals surface area contributed by atoms with E-state index in [0.717, 1.165) is 45.7 Å². The average Bonchev–Trinajstić information content (AvgIpc) is 2.91. The SMILES string of the molecule is [2H]O[Si](C)(C)O[Si](C)(CCCNCCN)O[Si](C)(C)O[Si](CN1CCOCC1)(O[Si](B)(C)C)O[Si](C)(CN1CCOCC1)O[2H]. The van der Waals surface area contributed by atoms with Gasteiger partial charge in [-0.05, 0) is 58.3 Å². The van der Waals surface area contributed by atoms with Crippen molar-refractivity contribution in [3.05, 3.63) is 0 Å². The van der Waals surface area contributed by atoms with Crippen molar-refractivity contribution in [1.82, 2.24) is 15.1 Å². The molecule has 2 rings (SSSR count). The fourth-order valence-corrected chi connectivity index (χ4v) is 30.6. The summed E-state index contributed by atoms with van der Waals surface area (Å²) in [6.07, 6.45) is 1.78. The van der Waals surface area contributed by atoms with E-state index < -0.39 is 51.2 Å². The molecular formula is C23H61BN4O9Si6. The van der Waals surface area contributed by atoms with E-state index in [1.165, 1.54) is 0 Å². The van der Waals surface area contributed by atoms with E-state index in [0.29, 0.717) is 51.4 Å². The summed E-state index contributed by atoms with van der Waals surface area (Å²) in [5.41, 5.74) is 5.66. The number of morpholine rings is 2. The maximum Gasteiger partial charge on any atom is 0.487 e. The molecule has 0 saturated carbocycles. The minimum absolute atomic E-state index is 0.452. The lowest BCUT2D eigenvalue weighted by molar-refractivity contribution is 0.0346. The van der Waals surface area contributed by atoms with Gasteiger partial charge in [-0.3, -0.25) is 9.80 Å². The van der Waals surface area contributed by atoms with Gasteiger partial charge in [0.1, 0.15) is 15.6 Å². The molecule has 0 bridgehead atoms. The summed E-state index contributed by atoms with van der Waals surface area (Å²) in [4.78, 5) is 15.1. The van der Waals surface area contributed by atoms with Crippen LogP contribution in [0.5, 0.6) is 0 Å². The lowest BCUT2D eigenvalue weighted by Crippen LogP contribution is -2.70. The van der Waals surface area contributed by atoms with Crippen molar-refractivity contribution in [3.63, 3.8) is 0 Å². The fourth-order valence-electron chi connectivity index (χ4n) is 5.51. The second-order valence-corrected chi connectivity index (χ2v) is 34.7. The van der Waals surface area contributed by atoms with Crippen LogP contribution in [0.25, 0.3) is 0 Å². The first-order valence-corrected chi connectivity index (χ1v) is 31.7. The van der Waals surface area contributed by atoms with Gasteiger partial charge in [-0.1, -0.05) is 13.1 Å². The zero-order chi connectivity index (χ0) is 33.8. The van der Waals surface area contributed by atoms with Gasteiger partial charge >= 0.3 is 43.0 Å². The summed E-state index contributed by atoms with van der Waals surface area (Å²) in [6, 6.07) is 0.692. The lowest BCUT2D eigenvalue weighted by Gasteiger charge is -2.47. The highest BCUT2D eigenvalue weighted by atomic mass is 28.5. The van der Waals surface area contributed by atoms with Gasteiger partial charge < -0.3 is 50.7 Å². The molecule has 254 valence electrons. The quantitative estimate of drug-likeness (QED) is 0.0848. The van der Waals surface area contributed by atoms with Crippen molar-refractivity contribution in [2.75, 3.05) is 84.6 Å². The smallest absolute Gasteiger partial charge is 0.423 e. The van der Waals surface area contributed by atoms with Gasteiger partial charge in [-0.2, -0.15) is 0 Å². The van der Waals surface area contributed by atoms with Gasteiger partial charge in [0.15, 0.2) is 2.86 Å². The Morgan fingerprint density at radius 3 is 1.88 bits per heavy atom. The van der Waals surface area contributed by atoms with Crippen LogP contribution in [-0.4, -0.2) is 166 Å². The Morgan fingerprint density at radius 2 is 1.37 bits per heavy atom. The normalized spacial score (nSPS) is 23.2. The van der Waals surface area contributed by atoms with Crippen molar-refractivity contribution in [2.24, 2.45) is 5.73 Å². The van der Waals surface area contributed by atoms with Crippen LogP contribution in [0.2, 0.25) is 58.4 Å². The minimum atomic E-state index is -3.60. The molecule has 20 heteroatoms. The van der Waals surface area contributed by atoms with Gasteiger partial charge in [-0.25, -0.2) is 0 Å². The van der Waals surface area contributed by atoms with Crippen molar-refractivity contribution in [3.8, 4) is 0 Å². The van der Waals surface area contributed by atoms with Crippen LogP contribution < -0.4 is 11.1 Å². The first-order valence-electron chi connectivity index (χ1n) is 16.5. The maximum atomic E-state index is 8.22. The standard InChI is InChI=1S/C23H61BN4O9Si6/c1-38(2,24)33-43(23-28-15-19-32-20-16-28,37-41(7,30)22-27-13-17-31-18-14-27)36-40(5,6)35-42(8,34-39(3,4)29)21-9-11-26-12-10-25/h26,29-30H,9-25H2,1-8H3/i29D,30D. The molecule has 2 saturated heterocycles. The molecule has 0 spiro atoms. The molecule has 2 fully saturated rings. The fraction of sp³-hybridized carbons (Fsp3) is 1.00. The molecule has 0 radical (unpaired) electrons. The second-order valence-electron chi connectivity index (χ2n) is 13.8. The molecule has 13 nitrogen and oxygen atoms in total. The van der Waals surface area contributed by atoms with Crippen molar-refractivity contribution < 1.29 is 39.6 Å². The van der Waals surface area contributed by atoms with Gasteiger partial charge in [0.05, 0.1) is 32.6 Å². The third-order valence-electron chi connectivity index (χ3n) is 6.60. The Morgan fingerprint density at radius 1 is 0.791 bits per heavy atom. The first kappa shape index (κ1) is 36.7. The highest BCUT2D eigenvalue weighted by Gasteiger charge is 2.56. The molecule has 0 amide bonds. The third kappa shape index (κ3) is 17.0. The largest absolute Gasteiger partial charge is 0.487 e. The predicted molar refractivity (Wildman–Crippen MR) is 186 cm³/mol. The van der Waals surface area contributed by atoms with Gasteiger partial charge in [-0.15, -0.1) is 0 Å². The Labute approximate surface area is 270 Å².